The van der Waals surface area contributed by atoms with Crippen molar-refractivity contribution in [1.29, 1.82) is 0 Å². The van der Waals surface area contributed by atoms with Crippen molar-refractivity contribution in [3.05, 3.63) is 36.9 Å². The molecule has 8 heteroatoms. The lowest BCUT2D eigenvalue weighted by Crippen LogP contribution is -2.43. The van der Waals surface area contributed by atoms with E-state index < -0.39 is 5.67 Å². The molecule has 7 nitrogen and oxygen atoms in total. The SMILES string of the molecule is Cn1cc(-c2cnc3cnc(NC(=O)C4CCN(CC(C)(C)F)CC4)cc3c2)cn1. The summed E-state index contributed by atoms with van der Waals surface area (Å²) in [6.45, 7) is 5.04. The number of nitrogens with zero attached hydrogens (tertiary/aromatic N) is 5. The normalized spacial score (nSPS) is 16.1. The fourth-order valence-corrected chi connectivity index (χ4v) is 3.94. The van der Waals surface area contributed by atoms with Crippen LogP contribution in [0.3, 0.4) is 0 Å². The largest absolute Gasteiger partial charge is 0.310 e. The maximum atomic E-state index is 13.8. The fraction of sp³-hybridized carbons (Fsp3) is 0.455. The van der Waals surface area contributed by atoms with Crippen LogP contribution >= 0.6 is 0 Å². The molecular formula is C22H27FN6O. The van der Waals surface area contributed by atoms with Crippen molar-refractivity contribution in [2.75, 3.05) is 25.0 Å². The molecular weight excluding hydrogens is 383 g/mol. The monoisotopic (exact) mass is 410 g/mol. The van der Waals surface area contributed by atoms with Gasteiger partial charge in [-0.2, -0.15) is 5.10 Å². The lowest BCUT2D eigenvalue weighted by molar-refractivity contribution is -0.121. The van der Waals surface area contributed by atoms with E-state index in [9.17, 15) is 9.18 Å². The molecule has 0 aromatic carbocycles. The number of alkyl halides is 1. The van der Waals surface area contributed by atoms with E-state index in [-0.39, 0.29) is 11.8 Å². The summed E-state index contributed by atoms with van der Waals surface area (Å²) in [6.07, 6.45) is 8.65. The van der Waals surface area contributed by atoms with Crippen molar-refractivity contribution in [2.24, 2.45) is 13.0 Å². The van der Waals surface area contributed by atoms with E-state index in [1.807, 2.05) is 25.4 Å². The number of likely N-dealkylation sites (tertiary alicyclic amines) is 1. The van der Waals surface area contributed by atoms with Gasteiger partial charge in [-0.05, 0) is 51.9 Å². The summed E-state index contributed by atoms with van der Waals surface area (Å²) in [5.74, 6) is 0.406. The van der Waals surface area contributed by atoms with Gasteiger partial charge in [0.05, 0.1) is 17.9 Å². The standard InChI is InChI=1S/C22H27FN6O/c1-22(2,23)14-29-6-4-15(5-7-29)21(30)27-20-9-16-8-17(10-24-19(16)12-25-20)18-11-26-28(3)13-18/h8-13,15H,4-7,14H2,1-3H3,(H,25,27,30). The number of pyridine rings is 2. The van der Waals surface area contributed by atoms with Gasteiger partial charge in [0.25, 0.3) is 0 Å². The Labute approximate surface area is 175 Å². The third kappa shape index (κ3) is 4.81. The molecule has 3 aromatic heterocycles. The molecule has 3 aromatic rings. The van der Waals surface area contributed by atoms with Gasteiger partial charge in [-0.25, -0.2) is 9.37 Å². The summed E-state index contributed by atoms with van der Waals surface area (Å²) in [6, 6.07) is 3.87. The Balaban J connectivity index is 1.43. The van der Waals surface area contributed by atoms with Gasteiger partial charge in [0.2, 0.25) is 5.91 Å². The summed E-state index contributed by atoms with van der Waals surface area (Å²) in [5, 5.41) is 8.05. The molecule has 4 rings (SSSR count). The molecule has 0 bridgehead atoms. The lowest BCUT2D eigenvalue weighted by atomic mass is 9.95. The zero-order valence-corrected chi connectivity index (χ0v) is 17.6. The Kier molecular flexibility index (Phi) is 5.51. The van der Waals surface area contributed by atoms with E-state index >= 15 is 0 Å². The number of hydrogen-bond acceptors (Lipinski definition) is 5. The molecule has 158 valence electrons. The van der Waals surface area contributed by atoms with Crippen LogP contribution in [0.2, 0.25) is 0 Å². The van der Waals surface area contributed by atoms with E-state index in [1.54, 1.807) is 37.1 Å². The molecule has 4 heterocycles. The minimum absolute atomic E-state index is 0.0302. The summed E-state index contributed by atoms with van der Waals surface area (Å²) in [5.41, 5.74) is 1.50. The third-order valence-electron chi connectivity index (χ3n) is 5.42. The van der Waals surface area contributed by atoms with E-state index in [4.69, 9.17) is 0 Å². The first-order valence-corrected chi connectivity index (χ1v) is 10.2. The number of piperidine rings is 1. The number of hydrogen-bond donors (Lipinski definition) is 1. The molecule has 1 N–H and O–H groups in total. The van der Waals surface area contributed by atoms with Gasteiger partial charge in [0.1, 0.15) is 11.5 Å². The van der Waals surface area contributed by atoms with E-state index in [0.29, 0.717) is 12.4 Å². The number of aryl methyl sites for hydroxylation is 1. The Hall–Kier alpha value is -2.87. The minimum Gasteiger partial charge on any atom is -0.310 e. The Bertz CT molecular complexity index is 1050. The molecule has 0 spiro atoms. The van der Waals surface area contributed by atoms with Gasteiger partial charge < -0.3 is 10.2 Å². The summed E-state index contributed by atoms with van der Waals surface area (Å²) in [7, 11) is 1.87. The fourth-order valence-electron chi connectivity index (χ4n) is 3.94. The smallest absolute Gasteiger partial charge is 0.228 e. The average molecular weight is 410 g/mol. The van der Waals surface area contributed by atoms with Gasteiger partial charge in [-0.3, -0.25) is 14.5 Å². The molecule has 0 radical (unpaired) electrons. The topological polar surface area (TPSA) is 75.9 Å². The first kappa shape index (κ1) is 20.4. The lowest BCUT2D eigenvalue weighted by Gasteiger charge is -2.33. The first-order chi connectivity index (χ1) is 14.3. The number of halogens is 1. The van der Waals surface area contributed by atoms with Crippen LogP contribution in [0.15, 0.2) is 36.9 Å². The maximum absolute atomic E-state index is 13.8. The van der Waals surface area contributed by atoms with Crippen LogP contribution in [0, 0.1) is 5.92 Å². The second-order valence-corrected chi connectivity index (χ2v) is 8.65. The number of carbonyl (C=O) groups excluding carboxylic acids is 1. The van der Waals surface area contributed by atoms with Crippen molar-refractivity contribution >= 4 is 22.6 Å². The third-order valence-corrected chi connectivity index (χ3v) is 5.42. The molecule has 0 saturated carbocycles. The summed E-state index contributed by atoms with van der Waals surface area (Å²) in [4.78, 5) is 23.6. The van der Waals surface area contributed by atoms with Gasteiger partial charge >= 0.3 is 0 Å². The van der Waals surface area contributed by atoms with E-state index in [1.165, 1.54) is 0 Å². The van der Waals surface area contributed by atoms with E-state index in [0.717, 1.165) is 48.0 Å². The maximum Gasteiger partial charge on any atom is 0.228 e. The summed E-state index contributed by atoms with van der Waals surface area (Å²) < 4.78 is 15.6. The number of aromatic nitrogens is 4. The van der Waals surface area contributed by atoms with Crippen LogP contribution in [0.4, 0.5) is 10.2 Å². The van der Waals surface area contributed by atoms with Crippen LogP contribution in [-0.2, 0) is 11.8 Å². The molecule has 1 amide bonds. The van der Waals surface area contributed by atoms with Crippen LogP contribution in [-0.4, -0.2) is 55.9 Å². The molecule has 1 fully saturated rings. The zero-order chi connectivity index (χ0) is 21.3. The molecule has 30 heavy (non-hydrogen) atoms. The highest BCUT2D eigenvalue weighted by Crippen LogP contribution is 2.25. The molecule has 0 aliphatic carbocycles. The van der Waals surface area contributed by atoms with Crippen molar-refractivity contribution < 1.29 is 9.18 Å². The number of amides is 1. The highest BCUT2D eigenvalue weighted by molar-refractivity contribution is 5.94. The Morgan fingerprint density at radius 3 is 2.60 bits per heavy atom. The van der Waals surface area contributed by atoms with Crippen molar-refractivity contribution in [3.63, 3.8) is 0 Å². The second-order valence-electron chi connectivity index (χ2n) is 8.65. The van der Waals surface area contributed by atoms with E-state index in [2.05, 4.69) is 25.3 Å². The summed E-state index contributed by atoms with van der Waals surface area (Å²) >= 11 is 0. The molecule has 0 atom stereocenters. The molecule has 1 aliphatic rings. The zero-order valence-electron chi connectivity index (χ0n) is 17.6. The van der Waals surface area contributed by atoms with Crippen LogP contribution in [0.25, 0.3) is 22.0 Å². The Morgan fingerprint density at radius 1 is 1.17 bits per heavy atom. The Morgan fingerprint density at radius 2 is 1.93 bits per heavy atom. The van der Waals surface area contributed by atoms with Crippen LogP contribution in [0.1, 0.15) is 26.7 Å². The number of anilines is 1. The average Bonchev–Trinajstić information content (AvgIpc) is 3.13. The van der Waals surface area contributed by atoms with Gasteiger partial charge in [0, 0.05) is 48.4 Å². The quantitative estimate of drug-likeness (QED) is 0.697. The molecule has 0 unspecified atom stereocenters. The highest BCUT2D eigenvalue weighted by atomic mass is 19.1. The molecule has 1 aliphatic heterocycles. The number of fused-ring (bicyclic) bond motifs is 1. The van der Waals surface area contributed by atoms with Crippen molar-refractivity contribution in [1.82, 2.24) is 24.6 Å². The predicted molar refractivity (Wildman–Crippen MR) is 115 cm³/mol. The van der Waals surface area contributed by atoms with Gasteiger partial charge in [-0.1, -0.05) is 0 Å². The van der Waals surface area contributed by atoms with Crippen LogP contribution in [0.5, 0.6) is 0 Å². The molecule has 1 saturated heterocycles. The number of rotatable bonds is 5. The predicted octanol–water partition coefficient (Wildman–Crippen LogP) is 3.43. The first-order valence-electron chi connectivity index (χ1n) is 10.2. The van der Waals surface area contributed by atoms with Crippen molar-refractivity contribution in [2.45, 2.75) is 32.4 Å². The number of nitrogens with one attached hydrogen (secondary N) is 1. The van der Waals surface area contributed by atoms with Crippen LogP contribution < -0.4 is 5.32 Å². The number of carbonyl (C=O) groups is 1. The van der Waals surface area contributed by atoms with Gasteiger partial charge in [-0.15, -0.1) is 0 Å². The highest BCUT2D eigenvalue weighted by Gasteiger charge is 2.28. The van der Waals surface area contributed by atoms with Crippen molar-refractivity contribution in [3.8, 4) is 11.1 Å². The minimum atomic E-state index is -1.22. The second kappa shape index (κ2) is 8.10. The van der Waals surface area contributed by atoms with Gasteiger partial charge in [0.15, 0.2) is 0 Å².